The molecule has 2 aliphatic heterocycles. The van der Waals surface area contributed by atoms with Gasteiger partial charge < -0.3 is 9.80 Å². The number of anilines is 1. The van der Waals surface area contributed by atoms with E-state index in [-0.39, 0.29) is 11.8 Å². The molecule has 1 saturated heterocycles. The number of carbonyl (C=O) groups is 1. The lowest BCUT2D eigenvalue weighted by Gasteiger charge is -2.35. The fourth-order valence-corrected chi connectivity index (χ4v) is 5.72. The maximum Gasteiger partial charge on any atom is 0.225 e. The highest BCUT2D eigenvalue weighted by atomic mass is 16.2. The van der Waals surface area contributed by atoms with Crippen LogP contribution in [0.5, 0.6) is 0 Å². The zero-order chi connectivity index (χ0) is 21.9. The summed E-state index contributed by atoms with van der Waals surface area (Å²) in [6.45, 7) is 5.77. The minimum atomic E-state index is 0.248. The van der Waals surface area contributed by atoms with Crippen LogP contribution in [-0.4, -0.2) is 51.9 Å². The second-order valence-corrected chi connectivity index (χ2v) is 9.74. The Labute approximate surface area is 191 Å². The van der Waals surface area contributed by atoms with Crippen LogP contribution in [0.25, 0.3) is 0 Å². The number of fused-ring (bicyclic) bond motifs is 1. The van der Waals surface area contributed by atoms with Gasteiger partial charge in [0.15, 0.2) is 0 Å². The number of hydrogen-bond acceptors (Lipinski definition) is 5. The summed E-state index contributed by atoms with van der Waals surface area (Å²) < 4.78 is 0. The highest BCUT2D eigenvalue weighted by molar-refractivity contribution is 5.79. The zero-order valence-electron chi connectivity index (χ0n) is 19.3. The Morgan fingerprint density at radius 3 is 2.75 bits per heavy atom. The first-order valence-electron chi connectivity index (χ1n) is 12.5. The van der Waals surface area contributed by atoms with Crippen LogP contribution in [0, 0.1) is 12.8 Å². The van der Waals surface area contributed by atoms with E-state index in [1.807, 2.05) is 12.3 Å². The summed E-state index contributed by atoms with van der Waals surface area (Å²) in [4.78, 5) is 32.2. The molecule has 2 aromatic rings. The van der Waals surface area contributed by atoms with E-state index < -0.39 is 0 Å². The molecule has 1 aliphatic carbocycles. The van der Waals surface area contributed by atoms with Crippen molar-refractivity contribution in [1.82, 2.24) is 19.9 Å². The molecule has 1 atom stereocenters. The molecule has 0 radical (unpaired) electrons. The van der Waals surface area contributed by atoms with E-state index >= 15 is 0 Å². The first-order chi connectivity index (χ1) is 15.7. The number of hydrogen-bond donors (Lipinski definition) is 0. The Bertz CT molecular complexity index is 941. The second-order valence-electron chi connectivity index (χ2n) is 9.74. The van der Waals surface area contributed by atoms with Gasteiger partial charge in [-0.15, -0.1) is 0 Å². The van der Waals surface area contributed by atoms with Gasteiger partial charge in [0.25, 0.3) is 0 Å². The SMILES string of the molecule is Cc1nc(C2CCCN(C(=O)C3CCCC3)C2)nc2c1CCCN2CCc1ccccn1. The number of pyridine rings is 1. The Hall–Kier alpha value is -2.50. The molecule has 1 saturated carbocycles. The summed E-state index contributed by atoms with van der Waals surface area (Å²) in [5.41, 5.74) is 3.54. The smallest absolute Gasteiger partial charge is 0.225 e. The van der Waals surface area contributed by atoms with E-state index in [2.05, 4.69) is 33.8 Å². The van der Waals surface area contributed by atoms with Crippen LogP contribution in [0.4, 0.5) is 5.82 Å². The first kappa shape index (κ1) is 21.4. The normalized spacial score (nSPS) is 21.6. The Morgan fingerprint density at radius 1 is 1.06 bits per heavy atom. The van der Waals surface area contributed by atoms with Crippen molar-refractivity contribution >= 4 is 11.7 Å². The standard InChI is InChI=1S/C26H35N5O/c1-19-23-12-7-15-30(17-13-22-11-4-5-14-27-22)25(23)29-24(28-19)21-10-6-16-31(18-21)26(32)20-8-2-3-9-20/h4-5,11,14,20-21H,2-3,6-10,12-13,15-18H2,1H3. The van der Waals surface area contributed by atoms with Gasteiger partial charge in [-0.1, -0.05) is 18.9 Å². The van der Waals surface area contributed by atoms with Gasteiger partial charge in [-0.2, -0.15) is 0 Å². The molecule has 0 spiro atoms. The maximum atomic E-state index is 13.0. The number of aryl methyl sites for hydroxylation is 1. The Morgan fingerprint density at radius 2 is 1.94 bits per heavy atom. The van der Waals surface area contributed by atoms with Crippen LogP contribution in [0.2, 0.25) is 0 Å². The van der Waals surface area contributed by atoms with Gasteiger partial charge in [0.2, 0.25) is 5.91 Å². The van der Waals surface area contributed by atoms with Crippen molar-refractivity contribution < 1.29 is 4.79 Å². The van der Waals surface area contributed by atoms with Gasteiger partial charge in [0, 0.05) is 67.6 Å². The number of carbonyl (C=O) groups excluding carboxylic acids is 1. The maximum absolute atomic E-state index is 13.0. The van der Waals surface area contributed by atoms with Crippen LogP contribution in [0.15, 0.2) is 24.4 Å². The third-order valence-electron chi connectivity index (χ3n) is 7.53. The lowest BCUT2D eigenvalue weighted by atomic mass is 9.94. The monoisotopic (exact) mass is 433 g/mol. The molecule has 1 unspecified atom stereocenters. The second kappa shape index (κ2) is 9.55. The molecular formula is C26H35N5O. The predicted octanol–water partition coefficient (Wildman–Crippen LogP) is 4.07. The highest BCUT2D eigenvalue weighted by Gasteiger charge is 2.33. The fourth-order valence-electron chi connectivity index (χ4n) is 5.72. The average molecular weight is 434 g/mol. The summed E-state index contributed by atoms with van der Waals surface area (Å²) >= 11 is 0. The predicted molar refractivity (Wildman–Crippen MR) is 126 cm³/mol. The van der Waals surface area contributed by atoms with Gasteiger partial charge in [-0.05, 0) is 57.6 Å². The third kappa shape index (κ3) is 4.50. The van der Waals surface area contributed by atoms with E-state index in [4.69, 9.17) is 9.97 Å². The van der Waals surface area contributed by atoms with Gasteiger partial charge in [0.1, 0.15) is 11.6 Å². The number of likely N-dealkylation sites (tertiary alicyclic amines) is 1. The lowest BCUT2D eigenvalue weighted by molar-refractivity contribution is -0.136. The Balaban J connectivity index is 1.33. The molecule has 0 aromatic carbocycles. The average Bonchev–Trinajstić information content (AvgIpc) is 3.38. The first-order valence-corrected chi connectivity index (χ1v) is 12.5. The van der Waals surface area contributed by atoms with Crippen LogP contribution in [0.1, 0.15) is 73.6 Å². The molecular weight excluding hydrogens is 398 g/mol. The molecule has 32 heavy (non-hydrogen) atoms. The van der Waals surface area contributed by atoms with Gasteiger partial charge in [-0.3, -0.25) is 9.78 Å². The summed E-state index contributed by atoms with van der Waals surface area (Å²) in [5.74, 6) is 2.93. The Kier molecular flexibility index (Phi) is 6.37. The molecule has 6 heteroatoms. The molecule has 5 rings (SSSR count). The fraction of sp³-hybridized carbons (Fsp3) is 0.615. The zero-order valence-corrected chi connectivity index (χ0v) is 19.3. The number of amides is 1. The quantitative estimate of drug-likeness (QED) is 0.711. The van der Waals surface area contributed by atoms with Crippen LogP contribution in [-0.2, 0) is 17.6 Å². The van der Waals surface area contributed by atoms with Crippen molar-refractivity contribution in [1.29, 1.82) is 0 Å². The van der Waals surface area contributed by atoms with Gasteiger partial charge in [-0.25, -0.2) is 9.97 Å². The van der Waals surface area contributed by atoms with Crippen LogP contribution in [0.3, 0.4) is 0 Å². The highest BCUT2D eigenvalue weighted by Crippen LogP contribution is 2.33. The summed E-state index contributed by atoms with van der Waals surface area (Å²) in [7, 11) is 0. The van der Waals surface area contributed by atoms with E-state index in [1.165, 1.54) is 18.4 Å². The van der Waals surface area contributed by atoms with E-state index in [1.54, 1.807) is 0 Å². The molecule has 1 amide bonds. The number of piperidine rings is 1. The molecule has 2 aromatic heterocycles. The van der Waals surface area contributed by atoms with Crippen molar-refractivity contribution in [3.05, 3.63) is 47.2 Å². The molecule has 4 heterocycles. The summed E-state index contributed by atoms with van der Waals surface area (Å²) in [5, 5.41) is 0. The summed E-state index contributed by atoms with van der Waals surface area (Å²) in [6, 6.07) is 6.12. The van der Waals surface area contributed by atoms with Crippen molar-refractivity contribution in [3.63, 3.8) is 0 Å². The van der Waals surface area contributed by atoms with E-state index in [0.717, 1.165) is 94.2 Å². The van der Waals surface area contributed by atoms with Crippen molar-refractivity contribution in [2.24, 2.45) is 5.92 Å². The van der Waals surface area contributed by atoms with Crippen molar-refractivity contribution in [2.75, 3.05) is 31.1 Å². The van der Waals surface area contributed by atoms with Crippen molar-refractivity contribution in [3.8, 4) is 0 Å². The van der Waals surface area contributed by atoms with E-state index in [0.29, 0.717) is 5.91 Å². The van der Waals surface area contributed by atoms with Gasteiger partial charge in [0.05, 0.1) is 0 Å². The summed E-state index contributed by atoms with van der Waals surface area (Å²) in [6.07, 6.45) is 11.7. The number of rotatable bonds is 5. The molecule has 170 valence electrons. The minimum absolute atomic E-state index is 0.248. The minimum Gasteiger partial charge on any atom is -0.356 e. The largest absolute Gasteiger partial charge is 0.356 e. The van der Waals surface area contributed by atoms with Crippen LogP contribution >= 0.6 is 0 Å². The van der Waals surface area contributed by atoms with E-state index in [9.17, 15) is 4.79 Å². The van der Waals surface area contributed by atoms with Gasteiger partial charge >= 0.3 is 0 Å². The molecule has 0 N–H and O–H groups in total. The molecule has 2 fully saturated rings. The molecule has 0 bridgehead atoms. The number of nitrogens with zero attached hydrogens (tertiary/aromatic N) is 5. The molecule has 3 aliphatic rings. The number of aromatic nitrogens is 3. The molecule has 6 nitrogen and oxygen atoms in total. The lowest BCUT2D eigenvalue weighted by Crippen LogP contribution is -2.42. The van der Waals surface area contributed by atoms with Crippen LogP contribution < -0.4 is 4.90 Å². The third-order valence-corrected chi connectivity index (χ3v) is 7.53. The van der Waals surface area contributed by atoms with Crippen molar-refractivity contribution in [2.45, 2.75) is 70.6 Å². The topological polar surface area (TPSA) is 62.2 Å².